The molecule has 2 aromatic rings. The highest BCUT2D eigenvalue weighted by Gasteiger charge is 2.21. The monoisotopic (exact) mass is 353 g/mol. The van der Waals surface area contributed by atoms with Gasteiger partial charge in [0.25, 0.3) is 0 Å². The van der Waals surface area contributed by atoms with Crippen LogP contribution in [0.2, 0.25) is 0 Å². The van der Waals surface area contributed by atoms with E-state index >= 15 is 0 Å². The lowest BCUT2D eigenvalue weighted by Crippen LogP contribution is -2.37. The minimum atomic E-state index is -0.645. The van der Waals surface area contributed by atoms with Crippen molar-refractivity contribution in [3.63, 3.8) is 0 Å². The van der Waals surface area contributed by atoms with Gasteiger partial charge in [0, 0.05) is 0 Å². The Balaban J connectivity index is 2.10. The summed E-state index contributed by atoms with van der Waals surface area (Å²) >= 11 is 0. The van der Waals surface area contributed by atoms with Crippen LogP contribution in [-0.4, -0.2) is 11.9 Å². The van der Waals surface area contributed by atoms with E-state index in [0.717, 1.165) is 17.5 Å². The maximum atomic E-state index is 12.7. The highest BCUT2D eigenvalue weighted by molar-refractivity contribution is 5.79. The zero-order valence-electron chi connectivity index (χ0n) is 15.3. The molecule has 0 unspecified atom stereocenters. The maximum Gasteiger partial charge on any atom is 0.312 e. The molecule has 2 rings (SSSR count). The van der Waals surface area contributed by atoms with Gasteiger partial charge in [0.15, 0.2) is 0 Å². The smallest absolute Gasteiger partial charge is 0.312 e. The van der Waals surface area contributed by atoms with Crippen molar-refractivity contribution in [1.82, 2.24) is 10.6 Å². The summed E-state index contributed by atoms with van der Waals surface area (Å²) in [4.78, 5) is 24.0. The summed E-state index contributed by atoms with van der Waals surface area (Å²) in [5, 5.41) is 5.77. The van der Waals surface area contributed by atoms with Gasteiger partial charge < -0.3 is 16.4 Å². The molecule has 0 aliphatic heterocycles. The lowest BCUT2D eigenvalue weighted by molar-refractivity contribution is -0.122. The highest BCUT2D eigenvalue weighted by Crippen LogP contribution is 2.22. The van der Waals surface area contributed by atoms with Crippen LogP contribution in [0.3, 0.4) is 0 Å². The van der Waals surface area contributed by atoms with Crippen molar-refractivity contribution < 1.29 is 9.59 Å². The lowest BCUT2D eigenvalue weighted by atomic mass is 9.96. The second-order valence-electron chi connectivity index (χ2n) is 6.84. The molecule has 2 atom stereocenters. The number of hydrogen-bond acceptors (Lipinski definition) is 2. The van der Waals surface area contributed by atoms with Gasteiger partial charge in [-0.05, 0) is 23.5 Å². The fourth-order valence-electron chi connectivity index (χ4n) is 2.98. The molecule has 0 saturated heterocycles. The van der Waals surface area contributed by atoms with E-state index in [9.17, 15) is 9.59 Å². The Labute approximate surface area is 155 Å². The first-order valence-corrected chi connectivity index (χ1v) is 8.91. The first-order valence-electron chi connectivity index (χ1n) is 8.91. The molecule has 0 radical (unpaired) electrons. The molecule has 0 saturated carbocycles. The largest absolute Gasteiger partial charge is 0.352 e. The number of nitrogens with two attached hydrogens (primary N) is 1. The summed E-state index contributed by atoms with van der Waals surface area (Å²) in [6, 6.07) is 18.1. The van der Waals surface area contributed by atoms with Gasteiger partial charge in [0.1, 0.15) is 0 Å². The van der Waals surface area contributed by atoms with Gasteiger partial charge in [-0.15, -0.1) is 0 Å². The number of rotatable bonds is 8. The van der Waals surface area contributed by atoms with Crippen molar-refractivity contribution in [2.45, 2.75) is 38.8 Å². The molecule has 0 aliphatic carbocycles. The zero-order chi connectivity index (χ0) is 18.9. The number of urea groups is 1. The summed E-state index contributed by atoms with van der Waals surface area (Å²) < 4.78 is 0. The minimum absolute atomic E-state index is 0.0614. The van der Waals surface area contributed by atoms with Gasteiger partial charge >= 0.3 is 6.03 Å². The lowest BCUT2D eigenvalue weighted by Gasteiger charge is -2.23. The number of nitrogens with one attached hydrogen (secondary N) is 2. The van der Waals surface area contributed by atoms with Crippen molar-refractivity contribution in [1.29, 1.82) is 0 Å². The van der Waals surface area contributed by atoms with E-state index in [1.165, 1.54) is 0 Å². The number of hydrogen-bond donors (Lipinski definition) is 3. The summed E-state index contributed by atoms with van der Waals surface area (Å²) in [5.41, 5.74) is 7.21. The van der Waals surface area contributed by atoms with Crippen molar-refractivity contribution in [2.24, 2.45) is 11.7 Å². The Bertz CT molecular complexity index is 702. The molecule has 0 aliphatic rings. The maximum absolute atomic E-state index is 12.7. The minimum Gasteiger partial charge on any atom is -0.352 e. The molecular weight excluding hydrogens is 326 g/mol. The second-order valence-corrected chi connectivity index (χ2v) is 6.84. The van der Waals surface area contributed by atoms with Crippen molar-refractivity contribution >= 4 is 11.9 Å². The van der Waals surface area contributed by atoms with Crippen LogP contribution in [-0.2, 0) is 4.79 Å². The third kappa shape index (κ3) is 6.24. The van der Waals surface area contributed by atoms with E-state index in [4.69, 9.17) is 5.73 Å². The molecule has 26 heavy (non-hydrogen) atoms. The quantitative estimate of drug-likeness (QED) is 0.676. The van der Waals surface area contributed by atoms with E-state index in [1.807, 2.05) is 60.7 Å². The second kappa shape index (κ2) is 9.61. The number of benzene rings is 2. The van der Waals surface area contributed by atoms with Gasteiger partial charge in [-0.1, -0.05) is 74.5 Å². The molecule has 3 amide bonds. The van der Waals surface area contributed by atoms with Gasteiger partial charge in [-0.3, -0.25) is 4.79 Å². The van der Waals surface area contributed by atoms with E-state index in [-0.39, 0.29) is 18.4 Å². The predicted molar refractivity (Wildman–Crippen MR) is 103 cm³/mol. The average molecular weight is 353 g/mol. The molecule has 0 heterocycles. The fourth-order valence-corrected chi connectivity index (χ4v) is 2.98. The van der Waals surface area contributed by atoms with Crippen LogP contribution in [0.15, 0.2) is 60.7 Å². The Hall–Kier alpha value is -2.82. The third-order valence-corrected chi connectivity index (χ3v) is 4.15. The first kappa shape index (κ1) is 19.5. The third-order valence-electron chi connectivity index (χ3n) is 4.15. The Kier molecular flexibility index (Phi) is 7.21. The summed E-state index contributed by atoms with van der Waals surface area (Å²) in [6.45, 7) is 4.26. The summed E-state index contributed by atoms with van der Waals surface area (Å²) in [5.74, 6) is 0.316. The Morgan fingerprint density at radius 1 is 0.846 bits per heavy atom. The van der Waals surface area contributed by atoms with Crippen molar-refractivity contribution in [3.05, 3.63) is 71.8 Å². The van der Waals surface area contributed by atoms with Crippen LogP contribution in [0.5, 0.6) is 0 Å². The number of carbonyl (C=O) groups excluding carboxylic acids is 2. The van der Waals surface area contributed by atoms with Crippen molar-refractivity contribution in [2.75, 3.05) is 0 Å². The number of amides is 3. The molecule has 0 fully saturated rings. The standard InChI is InChI=1S/C21H27N3O2/c1-15(2)13-18(16-9-5-3-6-10-16)23-20(25)14-19(24-21(22)26)17-11-7-4-8-12-17/h3-12,15,18-19H,13-14H2,1-2H3,(H,23,25)(H3,22,24,26)/t18-,19-/m0/s1. The number of primary amides is 1. The van der Waals surface area contributed by atoms with Gasteiger partial charge in [-0.25, -0.2) is 4.79 Å². The normalized spacial score (nSPS) is 13.0. The Morgan fingerprint density at radius 2 is 1.35 bits per heavy atom. The molecule has 5 heteroatoms. The van der Waals surface area contributed by atoms with Crippen LogP contribution in [0.25, 0.3) is 0 Å². The van der Waals surface area contributed by atoms with Crippen LogP contribution >= 0.6 is 0 Å². The van der Waals surface area contributed by atoms with Gasteiger partial charge in [-0.2, -0.15) is 0 Å². The fraction of sp³-hybridized carbons (Fsp3) is 0.333. The predicted octanol–water partition coefficient (Wildman–Crippen LogP) is 3.69. The van der Waals surface area contributed by atoms with Crippen LogP contribution < -0.4 is 16.4 Å². The van der Waals surface area contributed by atoms with E-state index in [2.05, 4.69) is 24.5 Å². The van der Waals surface area contributed by atoms with Crippen molar-refractivity contribution in [3.8, 4) is 0 Å². The molecule has 0 spiro atoms. The van der Waals surface area contributed by atoms with E-state index in [0.29, 0.717) is 5.92 Å². The van der Waals surface area contributed by atoms with Crippen LogP contribution in [0.4, 0.5) is 4.79 Å². The molecule has 0 aromatic heterocycles. The first-order chi connectivity index (χ1) is 12.5. The topological polar surface area (TPSA) is 84.2 Å². The molecular formula is C21H27N3O2. The summed E-state index contributed by atoms with van der Waals surface area (Å²) in [6.07, 6.45) is 0.976. The molecule has 2 aromatic carbocycles. The molecule has 0 bridgehead atoms. The van der Waals surface area contributed by atoms with Gasteiger partial charge in [0.2, 0.25) is 5.91 Å². The zero-order valence-corrected chi connectivity index (χ0v) is 15.3. The number of carbonyl (C=O) groups is 2. The molecule has 5 nitrogen and oxygen atoms in total. The molecule has 138 valence electrons. The van der Waals surface area contributed by atoms with Crippen LogP contribution in [0, 0.1) is 5.92 Å². The van der Waals surface area contributed by atoms with Gasteiger partial charge in [0.05, 0.1) is 18.5 Å². The summed E-state index contributed by atoms with van der Waals surface area (Å²) in [7, 11) is 0. The molecule has 4 N–H and O–H groups in total. The average Bonchev–Trinajstić information content (AvgIpc) is 2.61. The van der Waals surface area contributed by atoms with Crippen LogP contribution in [0.1, 0.15) is 49.9 Å². The van der Waals surface area contributed by atoms with E-state index in [1.54, 1.807) is 0 Å². The SMILES string of the molecule is CC(C)C[C@H](NC(=O)C[C@H](NC(N)=O)c1ccccc1)c1ccccc1. The van der Waals surface area contributed by atoms with E-state index < -0.39 is 12.1 Å². The highest BCUT2D eigenvalue weighted by atomic mass is 16.2. The Morgan fingerprint density at radius 3 is 1.81 bits per heavy atom.